The Balaban J connectivity index is 0.00000156. The van der Waals surface area contributed by atoms with E-state index in [-0.39, 0.29) is 24.2 Å². The van der Waals surface area contributed by atoms with Crippen molar-refractivity contribution in [3.05, 3.63) is 77.9 Å². The van der Waals surface area contributed by atoms with E-state index in [4.69, 9.17) is 0 Å². The summed E-state index contributed by atoms with van der Waals surface area (Å²) in [6, 6.07) is 14.3. The minimum absolute atomic E-state index is 0. The highest BCUT2D eigenvalue weighted by molar-refractivity contribution is 5.99. The molecule has 0 aliphatic heterocycles. The Kier molecular flexibility index (Phi) is 4.05. The number of imidazole rings is 1. The average molecular weight is 325 g/mol. The summed E-state index contributed by atoms with van der Waals surface area (Å²) in [6.45, 7) is 1.91. The van der Waals surface area contributed by atoms with Crippen LogP contribution in [0, 0.1) is 0 Å². The van der Waals surface area contributed by atoms with Crippen molar-refractivity contribution in [2.24, 2.45) is 0 Å². The molecule has 3 aromatic rings. The number of rotatable bonds is 3. The number of carbonyl (C=O) groups is 1. The van der Waals surface area contributed by atoms with Crippen molar-refractivity contribution in [3.63, 3.8) is 0 Å². The first-order valence-corrected chi connectivity index (χ1v) is 7.47. The number of carbonyl (C=O) groups excluding carboxylic acids is 1. The maximum absolute atomic E-state index is 12.7. The van der Waals surface area contributed by atoms with Crippen LogP contribution in [-0.4, -0.2) is 15.3 Å². The molecule has 1 aliphatic rings. The van der Waals surface area contributed by atoms with Crippen molar-refractivity contribution in [3.8, 4) is 11.1 Å². The lowest BCUT2D eigenvalue weighted by Crippen LogP contribution is -2.15. The fourth-order valence-electron chi connectivity index (χ4n) is 3.17. The van der Waals surface area contributed by atoms with Crippen LogP contribution in [0.5, 0.6) is 0 Å². The van der Waals surface area contributed by atoms with E-state index >= 15 is 0 Å². The predicted molar refractivity (Wildman–Crippen MR) is 93.2 cm³/mol. The molecule has 4 rings (SSSR count). The number of fused-ring (bicyclic) bond motifs is 3. The second kappa shape index (κ2) is 6.01. The Morgan fingerprint density at radius 1 is 1.13 bits per heavy atom. The molecule has 0 saturated carbocycles. The molecule has 0 spiro atoms. The zero-order valence-electron chi connectivity index (χ0n) is 12.8. The van der Waals surface area contributed by atoms with Gasteiger partial charge in [-0.3, -0.25) is 4.79 Å². The number of hydrogen-bond acceptors (Lipinski definition) is 2. The Morgan fingerprint density at radius 3 is 2.70 bits per heavy atom. The average Bonchev–Trinajstić information content (AvgIpc) is 3.20. The highest BCUT2D eigenvalue weighted by atomic mass is 35.5. The van der Waals surface area contributed by atoms with E-state index in [1.165, 1.54) is 22.3 Å². The molecule has 0 amide bonds. The first-order chi connectivity index (χ1) is 10.7. The highest BCUT2D eigenvalue weighted by Crippen LogP contribution is 2.37. The van der Waals surface area contributed by atoms with Gasteiger partial charge in [0, 0.05) is 18.0 Å². The Labute approximate surface area is 141 Å². The second-order valence-electron chi connectivity index (χ2n) is 5.76. The van der Waals surface area contributed by atoms with Gasteiger partial charge in [-0.05, 0) is 41.7 Å². The number of aromatic nitrogens is 2. The van der Waals surface area contributed by atoms with Crippen LogP contribution in [0.1, 0.15) is 34.5 Å². The summed E-state index contributed by atoms with van der Waals surface area (Å²) < 4.78 is 1.84. The summed E-state index contributed by atoms with van der Waals surface area (Å²) >= 11 is 0. The summed E-state index contributed by atoms with van der Waals surface area (Å²) in [5, 5.41) is 0. The van der Waals surface area contributed by atoms with Crippen LogP contribution >= 0.6 is 12.4 Å². The molecule has 1 aromatic heterocycles. The smallest absolute Gasteiger partial charge is 0.185 e. The molecule has 1 aliphatic carbocycles. The summed E-state index contributed by atoms with van der Waals surface area (Å²) in [6.07, 6.45) is 6.12. The third kappa shape index (κ3) is 2.57. The van der Waals surface area contributed by atoms with Crippen LogP contribution in [0.15, 0.2) is 61.2 Å². The number of Topliss-reactive ketones (excluding diaryl/α,β-unsaturated/α-hetero) is 1. The minimum Gasteiger partial charge on any atom is -0.327 e. The summed E-state index contributed by atoms with van der Waals surface area (Å²) in [7, 11) is 0. The molecule has 3 nitrogen and oxygen atoms in total. The molecule has 0 fully saturated rings. The van der Waals surface area contributed by atoms with Crippen LogP contribution in [0.4, 0.5) is 0 Å². The molecular formula is C19H17ClN2O. The topological polar surface area (TPSA) is 34.9 Å². The van der Waals surface area contributed by atoms with Crippen LogP contribution < -0.4 is 0 Å². The molecule has 4 heteroatoms. The quantitative estimate of drug-likeness (QED) is 0.526. The zero-order chi connectivity index (χ0) is 15.1. The molecule has 0 bridgehead atoms. The normalized spacial score (nSPS) is 12.9. The number of halogens is 1. The van der Waals surface area contributed by atoms with Crippen molar-refractivity contribution in [1.29, 1.82) is 0 Å². The third-order valence-corrected chi connectivity index (χ3v) is 4.43. The van der Waals surface area contributed by atoms with Gasteiger partial charge in [-0.1, -0.05) is 36.4 Å². The van der Waals surface area contributed by atoms with E-state index in [0.29, 0.717) is 0 Å². The van der Waals surface area contributed by atoms with Gasteiger partial charge in [0.2, 0.25) is 0 Å². The Hall–Kier alpha value is -2.39. The van der Waals surface area contributed by atoms with Gasteiger partial charge in [-0.25, -0.2) is 4.98 Å². The van der Waals surface area contributed by atoms with Crippen molar-refractivity contribution < 1.29 is 4.79 Å². The van der Waals surface area contributed by atoms with E-state index in [1.807, 2.05) is 29.8 Å². The summed E-state index contributed by atoms with van der Waals surface area (Å²) in [5.41, 5.74) is 5.89. The van der Waals surface area contributed by atoms with E-state index in [9.17, 15) is 4.79 Å². The van der Waals surface area contributed by atoms with Crippen molar-refractivity contribution in [1.82, 2.24) is 9.55 Å². The van der Waals surface area contributed by atoms with Crippen molar-refractivity contribution in [2.75, 3.05) is 0 Å². The number of nitrogens with zero attached hydrogens (tertiary/aromatic N) is 2. The third-order valence-electron chi connectivity index (χ3n) is 4.43. The predicted octanol–water partition coefficient (Wildman–Crippen LogP) is 4.32. The lowest BCUT2D eigenvalue weighted by atomic mass is 9.99. The number of ketones is 1. The van der Waals surface area contributed by atoms with Crippen molar-refractivity contribution >= 4 is 18.2 Å². The van der Waals surface area contributed by atoms with E-state index in [1.54, 1.807) is 12.5 Å². The van der Waals surface area contributed by atoms with E-state index < -0.39 is 0 Å². The molecule has 0 N–H and O–H groups in total. The van der Waals surface area contributed by atoms with Crippen LogP contribution in [0.3, 0.4) is 0 Å². The van der Waals surface area contributed by atoms with E-state index in [2.05, 4.69) is 35.3 Å². The van der Waals surface area contributed by atoms with Gasteiger partial charge in [-0.15, -0.1) is 12.4 Å². The SMILES string of the molecule is CC(C(=O)c1ccc2c(c1)Cc1ccccc1-2)n1ccnc1.Cl. The molecule has 0 saturated heterocycles. The molecule has 1 heterocycles. The van der Waals surface area contributed by atoms with Gasteiger partial charge >= 0.3 is 0 Å². The van der Waals surface area contributed by atoms with E-state index in [0.717, 1.165) is 12.0 Å². The molecule has 23 heavy (non-hydrogen) atoms. The van der Waals surface area contributed by atoms with Crippen molar-refractivity contribution in [2.45, 2.75) is 19.4 Å². The monoisotopic (exact) mass is 324 g/mol. The lowest BCUT2D eigenvalue weighted by molar-refractivity contribution is 0.0935. The largest absolute Gasteiger partial charge is 0.327 e. The molecule has 2 aromatic carbocycles. The Morgan fingerprint density at radius 2 is 1.91 bits per heavy atom. The maximum Gasteiger partial charge on any atom is 0.185 e. The van der Waals surface area contributed by atoms with Crippen LogP contribution in [0.2, 0.25) is 0 Å². The van der Waals surface area contributed by atoms with Crippen LogP contribution in [-0.2, 0) is 6.42 Å². The van der Waals surface area contributed by atoms with Gasteiger partial charge in [0.05, 0.1) is 12.4 Å². The molecular weight excluding hydrogens is 308 g/mol. The highest BCUT2D eigenvalue weighted by Gasteiger charge is 2.21. The van der Waals surface area contributed by atoms with Gasteiger partial charge in [0.25, 0.3) is 0 Å². The van der Waals surface area contributed by atoms with Crippen LogP contribution in [0.25, 0.3) is 11.1 Å². The number of hydrogen-bond donors (Lipinski definition) is 0. The second-order valence-corrected chi connectivity index (χ2v) is 5.76. The first-order valence-electron chi connectivity index (χ1n) is 7.47. The molecule has 1 unspecified atom stereocenters. The molecule has 116 valence electrons. The molecule has 0 radical (unpaired) electrons. The summed E-state index contributed by atoms with van der Waals surface area (Å²) in [5.74, 6) is 0.122. The van der Waals surface area contributed by atoms with Gasteiger partial charge in [-0.2, -0.15) is 0 Å². The fourth-order valence-corrected chi connectivity index (χ4v) is 3.17. The number of benzene rings is 2. The summed E-state index contributed by atoms with van der Waals surface area (Å²) in [4.78, 5) is 16.7. The molecule has 1 atom stereocenters. The Bertz CT molecular complexity index is 856. The van der Waals surface area contributed by atoms with Gasteiger partial charge in [0.1, 0.15) is 0 Å². The maximum atomic E-state index is 12.7. The first kappa shape index (κ1) is 15.5. The zero-order valence-corrected chi connectivity index (χ0v) is 13.6. The lowest BCUT2D eigenvalue weighted by Gasteiger charge is -2.12. The standard InChI is InChI=1S/C19H16N2O.ClH/c1-13(21-9-8-20-12-21)19(22)15-6-7-18-16(11-15)10-14-4-2-3-5-17(14)18;/h2-9,11-13H,10H2,1H3;1H. The fraction of sp³-hybridized carbons (Fsp3) is 0.158. The van der Waals surface area contributed by atoms with Gasteiger partial charge < -0.3 is 4.57 Å². The van der Waals surface area contributed by atoms with Gasteiger partial charge in [0.15, 0.2) is 5.78 Å². The minimum atomic E-state index is -0.232.